The second kappa shape index (κ2) is 44.7. The van der Waals surface area contributed by atoms with Gasteiger partial charge in [0, 0.05) is 49.4 Å². The number of aliphatic hydroxyl groups is 4. The number of Topliss-reactive ketones (excluding diaryl/α,β-unsaturated/α-hetero) is 4. The molecule has 8 nitrogen and oxygen atoms in total. The highest BCUT2D eigenvalue weighted by Gasteiger charge is 2.16. The van der Waals surface area contributed by atoms with Crippen LogP contribution in [0.15, 0.2) is 0 Å². The van der Waals surface area contributed by atoms with Gasteiger partial charge in [-0.05, 0) is 43.4 Å². The van der Waals surface area contributed by atoms with Gasteiger partial charge in [-0.1, -0.05) is 207 Å². The van der Waals surface area contributed by atoms with E-state index in [2.05, 4.69) is 48.5 Å². The number of carbonyl (C=O) groups is 4. The minimum atomic E-state index is -0.424. The van der Waals surface area contributed by atoms with Gasteiger partial charge in [0.15, 0.2) is 0 Å². The van der Waals surface area contributed by atoms with E-state index in [1.807, 2.05) is 55.4 Å². The number of aliphatic hydroxyl groups excluding tert-OH is 4. The number of hydrogen-bond acceptors (Lipinski definition) is 8. The maximum atomic E-state index is 11.4. The van der Waals surface area contributed by atoms with Gasteiger partial charge in [-0.3, -0.25) is 19.2 Å². The van der Waals surface area contributed by atoms with Gasteiger partial charge in [0.05, 0.1) is 24.4 Å². The lowest BCUT2D eigenvalue weighted by molar-refractivity contribution is -0.124. The largest absolute Gasteiger partial charge is 0.393 e. The summed E-state index contributed by atoms with van der Waals surface area (Å²) < 4.78 is 0. The summed E-state index contributed by atoms with van der Waals surface area (Å²) in [6, 6.07) is 0. The quantitative estimate of drug-likeness (QED) is 0.0460. The molecule has 0 aliphatic carbocycles. The molecule has 0 fully saturated rings. The van der Waals surface area contributed by atoms with Gasteiger partial charge >= 0.3 is 0 Å². The van der Waals surface area contributed by atoms with E-state index in [4.69, 9.17) is 0 Å². The van der Waals surface area contributed by atoms with Crippen LogP contribution in [0.5, 0.6) is 0 Å². The summed E-state index contributed by atoms with van der Waals surface area (Å²) >= 11 is 0. The Hall–Kier alpha value is -1.48. The van der Waals surface area contributed by atoms with Crippen molar-refractivity contribution < 1.29 is 39.6 Å². The average Bonchev–Trinajstić information content (AvgIpc) is 3.18. The second-order valence-electron chi connectivity index (χ2n) is 20.6. The molecule has 0 spiro atoms. The predicted molar refractivity (Wildman–Crippen MR) is 264 cm³/mol. The highest BCUT2D eigenvalue weighted by Crippen LogP contribution is 2.17. The lowest BCUT2D eigenvalue weighted by Crippen LogP contribution is -2.17. The summed E-state index contributed by atoms with van der Waals surface area (Å²) in [4.78, 5) is 45.4. The smallest absolute Gasteiger partial charge is 0.137 e. The average molecular weight is 885 g/mol. The van der Waals surface area contributed by atoms with Crippen LogP contribution in [0.3, 0.4) is 0 Å². The second-order valence-corrected chi connectivity index (χ2v) is 20.6. The Morgan fingerprint density at radius 3 is 0.806 bits per heavy atom. The van der Waals surface area contributed by atoms with Gasteiger partial charge < -0.3 is 20.4 Å². The Morgan fingerprint density at radius 2 is 0.548 bits per heavy atom. The van der Waals surface area contributed by atoms with Crippen molar-refractivity contribution in [2.45, 2.75) is 282 Å². The molecule has 0 saturated carbocycles. The van der Waals surface area contributed by atoms with E-state index >= 15 is 0 Å². The lowest BCUT2D eigenvalue weighted by Gasteiger charge is -2.12. The Balaban J connectivity index is -0.000000362. The zero-order valence-corrected chi connectivity index (χ0v) is 43.7. The molecule has 0 aromatic heterocycles. The fraction of sp³-hybridized carbons (Fsp3) is 0.926. The third-order valence-electron chi connectivity index (χ3n) is 11.5. The van der Waals surface area contributed by atoms with Crippen molar-refractivity contribution in [1.29, 1.82) is 0 Å². The normalized spacial score (nSPS) is 13.8. The van der Waals surface area contributed by atoms with Crippen LogP contribution < -0.4 is 0 Å². The van der Waals surface area contributed by atoms with Gasteiger partial charge in [-0.25, -0.2) is 0 Å². The molecule has 0 aromatic carbocycles. The van der Waals surface area contributed by atoms with Crippen molar-refractivity contribution in [2.24, 2.45) is 41.4 Å². The maximum absolute atomic E-state index is 11.4. The molecule has 4 N–H and O–H groups in total. The number of unbranched alkanes of at least 4 members (excludes halogenated alkanes) is 8. The molecule has 0 aromatic rings. The molecule has 0 aliphatic heterocycles. The third kappa shape index (κ3) is 51.2. The summed E-state index contributed by atoms with van der Waals surface area (Å²) in [6.07, 6.45) is 21.5. The molecule has 8 heteroatoms. The van der Waals surface area contributed by atoms with Crippen molar-refractivity contribution in [1.82, 2.24) is 0 Å². The Bertz CT molecular complexity index is 1030. The van der Waals surface area contributed by atoms with Crippen molar-refractivity contribution in [3.63, 3.8) is 0 Å². The molecule has 0 rings (SSSR count). The van der Waals surface area contributed by atoms with Crippen LogP contribution in [0.1, 0.15) is 258 Å². The Labute approximate surface area is 385 Å². The van der Waals surface area contributed by atoms with Crippen molar-refractivity contribution in [3.8, 4) is 0 Å². The molecule has 5 unspecified atom stereocenters. The molecule has 0 amide bonds. The van der Waals surface area contributed by atoms with Crippen LogP contribution in [-0.4, -0.2) is 68.0 Å². The SMILES string of the molecule is CC(C)CCCCC(O)CC(=O)C(C)C.CC(C)CCCCCC(O)CC(=O)C(C)C.CCC(C)CCCCC(O)CC(=O)C(C)C.CCCCCCCC(O)CC(=O)C(C)C. The molecular formula is C54H108O8. The minimum Gasteiger partial charge on any atom is -0.393 e. The van der Waals surface area contributed by atoms with Gasteiger partial charge in [0.2, 0.25) is 0 Å². The molecule has 0 heterocycles. The van der Waals surface area contributed by atoms with Crippen LogP contribution in [0.4, 0.5) is 0 Å². The van der Waals surface area contributed by atoms with E-state index in [9.17, 15) is 39.6 Å². The third-order valence-corrected chi connectivity index (χ3v) is 11.5. The van der Waals surface area contributed by atoms with Crippen LogP contribution in [0.2, 0.25) is 0 Å². The summed E-state index contributed by atoms with van der Waals surface area (Å²) in [7, 11) is 0. The molecule has 0 radical (unpaired) electrons. The van der Waals surface area contributed by atoms with E-state index in [0.717, 1.165) is 75.5 Å². The highest BCUT2D eigenvalue weighted by molar-refractivity contribution is 5.81. The van der Waals surface area contributed by atoms with E-state index in [0.29, 0.717) is 25.7 Å². The van der Waals surface area contributed by atoms with E-state index in [1.54, 1.807) is 0 Å². The topological polar surface area (TPSA) is 149 Å². The number of rotatable bonds is 35. The number of ketones is 4. The van der Waals surface area contributed by atoms with Crippen LogP contribution in [0.25, 0.3) is 0 Å². The van der Waals surface area contributed by atoms with E-state index in [1.165, 1.54) is 70.6 Å². The predicted octanol–water partition coefficient (Wildman–Crippen LogP) is 13.6. The number of hydrogen-bond donors (Lipinski definition) is 4. The summed E-state index contributed by atoms with van der Waals surface area (Å²) in [6.45, 7) is 30.6. The lowest BCUT2D eigenvalue weighted by atomic mass is 9.97. The van der Waals surface area contributed by atoms with Crippen molar-refractivity contribution in [2.75, 3.05) is 0 Å². The molecule has 0 saturated heterocycles. The van der Waals surface area contributed by atoms with Gasteiger partial charge in [0.25, 0.3) is 0 Å². The first-order chi connectivity index (χ1) is 28.9. The maximum Gasteiger partial charge on any atom is 0.137 e. The minimum absolute atomic E-state index is 0.0507. The summed E-state index contributed by atoms with van der Waals surface area (Å²) in [5.74, 6) is 3.20. The van der Waals surface area contributed by atoms with Crippen LogP contribution >= 0.6 is 0 Å². The standard InChI is InChI=1S/2C14H28O2.2C13H26O2/c1-11(2)8-6-5-7-9-13(15)10-14(16)12(3)4;1-5-12(4)8-6-7-9-13(15)10-14(16)11(2)3;1-10(2)7-5-6-8-12(14)9-13(15)11(3)4;1-4-5-6-7-8-9-12(14)10-13(15)11(2)3/h2*11-13,15H,5-10H2,1-4H3;10-12,14H,5-9H2,1-4H3;11-12,14H,4-10H2,1-3H3. The van der Waals surface area contributed by atoms with E-state index < -0.39 is 24.4 Å². The molecule has 372 valence electrons. The first-order valence-corrected chi connectivity index (χ1v) is 25.7. The van der Waals surface area contributed by atoms with E-state index in [-0.39, 0.29) is 46.8 Å². The Kier molecular flexibility index (Phi) is 48.4. The van der Waals surface area contributed by atoms with Gasteiger partial charge in [-0.2, -0.15) is 0 Å². The zero-order chi connectivity index (χ0) is 48.6. The van der Waals surface area contributed by atoms with Gasteiger partial charge in [-0.15, -0.1) is 0 Å². The van der Waals surface area contributed by atoms with Crippen LogP contribution in [0, 0.1) is 41.4 Å². The fourth-order valence-electron chi connectivity index (χ4n) is 6.38. The molecule has 5 atom stereocenters. The summed E-state index contributed by atoms with van der Waals surface area (Å²) in [5.41, 5.74) is 0. The monoisotopic (exact) mass is 885 g/mol. The molecular weight excluding hydrogens is 777 g/mol. The van der Waals surface area contributed by atoms with Crippen LogP contribution in [-0.2, 0) is 19.2 Å². The molecule has 62 heavy (non-hydrogen) atoms. The first-order valence-electron chi connectivity index (χ1n) is 25.7. The first kappa shape index (κ1) is 67.1. The summed E-state index contributed by atoms with van der Waals surface area (Å²) in [5, 5.41) is 38.5. The highest BCUT2D eigenvalue weighted by atomic mass is 16.3. The van der Waals surface area contributed by atoms with Gasteiger partial charge in [0.1, 0.15) is 23.1 Å². The fourth-order valence-corrected chi connectivity index (χ4v) is 6.38. The Morgan fingerprint density at radius 1 is 0.323 bits per heavy atom. The van der Waals surface area contributed by atoms with Crippen molar-refractivity contribution >= 4 is 23.1 Å². The number of carbonyl (C=O) groups excluding carboxylic acids is 4. The molecule has 0 bridgehead atoms. The van der Waals surface area contributed by atoms with Crippen molar-refractivity contribution in [3.05, 3.63) is 0 Å². The zero-order valence-electron chi connectivity index (χ0n) is 43.7. The molecule has 0 aliphatic rings.